The molecule has 2 aromatic carbocycles. The van der Waals surface area contributed by atoms with Gasteiger partial charge in [0.1, 0.15) is 5.75 Å². The monoisotopic (exact) mass is 256 g/mol. The maximum Gasteiger partial charge on any atom is 0.118 e. The molecule has 100 valence electrons. The minimum atomic E-state index is -0.877. The molecule has 0 bridgehead atoms. The Balaban J connectivity index is 2.24. The highest BCUT2D eigenvalue weighted by molar-refractivity contribution is 5.34. The Morgan fingerprint density at radius 2 is 1.68 bits per heavy atom. The summed E-state index contributed by atoms with van der Waals surface area (Å²) in [5, 5.41) is 10.7. The largest absolute Gasteiger partial charge is 0.497 e. The lowest BCUT2D eigenvalue weighted by Crippen LogP contribution is -2.24. The Hall–Kier alpha value is -1.80. The fourth-order valence-corrected chi connectivity index (χ4v) is 2.23. The van der Waals surface area contributed by atoms with Gasteiger partial charge in [-0.25, -0.2) is 0 Å². The number of hydrogen-bond acceptors (Lipinski definition) is 2. The summed E-state index contributed by atoms with van der Waals surface area (Å²) in [7, 11) is 1.64. The predicted molar refractivity (Wildman–Crippen MR) is 77.4 cm³/mol. The lowest BCUT2D eigenvalue weighted by Gasteiger charge is -2.25. The highest BCUT2D eigenvalue weighted by atomic mass is 16.5. The summed E-state index contributed by atoms with van der Waals surface area (Å²) < 4.78 is 5.14. The summed E-state index contributed by atoms with van der Waals surface area (Å²) in [5.74, 6) is 0.801. The van der Waals surface area contributed by atoms with Crippen LogP contribution in [0.5, 0.6) is 5.75 Å². The van der Waals surface area contributed by atoms with Crippen LogP contribution in [-0.2, 0) is 12.0 Å². The molecule has 0 spiro atoms. The number of ether oxygens (including phenoxy) is 1. The van der Waals surface area contributed by atoms with Gasteiger partial charge in [0.25, 0.3) is 0 Å². The third-order valence-electron chi connectivity index (χ3n) is 3.51. The van der Waals surface area contributed by atoms with E-state index in [4.69, 9.17) is 4.74 Å². The molecule has 0 heterocycles. The van der Waals surface area contributed by atoms with E-state index in [0.717, 1.165) is 11.3 Å². The van der Waals surface area contributed by atoms with E-state index in [9.17, 15) is 5.11 Å². The molecule has 19 heavy (non-hydrogen) atoms. The summed E-state index contributed by atoms with van der Waals surface area (Å²) in [6.07, 6.45) is 0.603. The van der Waals surface area contributed by atoms with Crippen molar-refractivity contribution in [1.82, 2.24) is 0 Å². The van der Waals surface area contributed by atoms with Crippen LogP contribution >= 0.6 is 0 Å². The zero-order chi connectivity index (χ0) is 13.9. The molecule has 0 aliphatic rings. The smallest absolute Gasteiger partial charge is 0.118 e. The first-order valence-electron chi connectivity index (χ1n) is 6.44. The highest BCUT2D eigenvalue weighted by Gasteiger charge is 2.24. The molecule has 0 aromatic heterocycles. The van der Waals surface area contributed by atoms with Gasteiger partial charge in [-0.2, -0.15) is 0 Å². The van der Waals surface area contributed by atoms with Gasteiger partial charge in [-0.1, -0.05) is 36.4 Å². The Kier molecular flexibility index (Phi) is 3.91. The van der Waals surface area contributed by atoms with Gasteiger partial charge in [0.05, 0.1) is 12.7 Å². The van der Waals surface area contributed by atoms with Crippen LogP contribution in [0.15, 0.2) is 48.5 Å². The van der Waals surface area contributed by atoms with Crippen LogP contribution in [0.2, 0.25) is 0 Å². The summed E-state index contributed by atoms with van der Waals surface area (Å²) in [5.41, 5.74) is 2.40. The number of methoxy groups -OCH3 is 1. The van der Waals surface area contributed by atoms with E-state index >= 15 is 0 Å². The molecule has 0 aliphatic carbocycles. The molecular formula is C17H20O2. The second-order valence-electron chi connectivity index (χ2n) is 5.11. The molecule has 0 amide bonds. The van der Waals surface area contributed by atoms with Crippen LogP contribution in [0.1, 0.15) is 23.6 Å². The molecule has 1 atom stereocenters. The molecule has 0 aliphatic heterocycles. The third kappa shape index (κ3) is 3.15. The van der Waals surface area contributed by atoms with Crippen molar-refractivity contribution < 1.29 is 9.84 Å². The first-order valence-corrected chi connectivity index (χ1v) is 6.44. The molecule has 1 N–H and O–H groups in total. The van der Waals surface area contributed by atoms with Gasteiger partial charge in [-0.05, 0) is 42.7 Å². The van der Waals surface area contributed by atoms with Crippen molar-refractivity contribution in [2.45, 2.75) is 25.9 Å². The predicted octanol–water partition coefficient (Wildman–Crippen LogP) is 3.45. The molecule has 2 aromatic rings. The van der Waals surface area contributed by atoms with Gasteiger partial charge in [-0.3, -0.25) is 0 Å². The minimum absolute atomic E-state index is 0.603. The Morgan fingerprint density at radius 1 is 1.05 bits per heavy atom. The van der Waals surface area contributed by atoms with E-state index in [-0.39, 0.29) is 0 Å². The lowest BCUT2D eigenvalue weighted by atomic mass is 9.87. The van der Waals surface area contributed by atoms with Gasteiger partial charge in [0, 0.05) is 6.42 Å². The van der Waals surface area contributed by atoms with Crippen molar-refractivity contribution in [3.63, 3.8) is 0 Å². The lowest BCUT2D eigenvalue weighted by molar-refractivity contribution is 0.0574. The van der Waals surface area contributed by atoms with Gasteiger partial charge >= 0.3 is 0 Å². The average molecular weight is 256 g/mol. The van der Waals surface area contributed by atoms with Gasteiger partial charge in [0.15, 0.2) is 0 Å². The van der Waals surface area contributed by atoms with Crippen molar-refractivity contribution in [3.8, 4) is 5.75 Å². The van der Waals surface area contributed by atoms with E-state index in [1.54, 1.807) is 7.11 Å². The maximum atomic E-state index is 10.7. The quantitative estimate of drug-likeness (QED) is 0.907. The molecule has 1 unspecified atom stereocenters. The van der Waals surface area contributed by atoms with E-state index in [0.29, 0.717) is 6.42 Å². The molecule has 0 fully saturated rings. The van der Waals surface area contributed by atoms with Crippen molar-refractivity contribution in [2.75, 3.05) is 7.11 Å². The summed E-state index contributed by atoms with van der Waals surface area (Å²) in [6, 6.07) is 15.7. The molecule has 2 nitrogen and oxygen atoms in total. The average Bonchev–Trinajstić information content (AvgIpc) is 2.41. The molecule has 2 heteroatoms. The Bertz CT molecular complexity index is 541. The SMILES string of the molecule is COc1ccc(C(C)(O)Cc2ccccc2C)cc1. The van der Waals surface area contributed by atoms with Gasteiger partial charge < -0.3 is 9.84 Å². The van der Waals surface area contributed by atoms with Crippen LogP contribution in [-0.4, -0.2) is 12.2 Å². The minimum Gasteiger partial charge on any atom is -0.497 e. The fraction of sp³-hybridized carbons (Fsp3) is 0.294. The van der Waals surface area contributed by atoms with E-state index in [1.807, 2.05) is 43.3 Å². The first kappa shape index (κ1) is 13.6. The Labute approximate surface area is 114 Å². The van der Waals surface area contributed by atoms with Crippen LogP contribution in [0.4, 0.5) is 0 Å². The number of benzene rings is 2. The normalized spacial score (nSPS) is 13.9. The summed E-state index contributed by atoms with van der Waals surface area (Å²) in [4.78, 5) is 0. The summed E-state index contributed by atoms with van der Waals surface area (Å²) in [6.45, 7) is 3.92. The van der Waals surface area contributed by atoms with Crippen LogP contribution in [0.25, 0.3) is 0 Å². The topological polar surface area (TPSA) is 29.5 Å². The van der Waals surface area contributed by atoms with E-state index in [1.165, 1.54) is 11.1 Å². The molecular weight excluding hydrogens is 236 g/mol. The zero-order valence-corrected chi connectivity index (χ0v) is 11.7. The highest BCUT2D eigenvalue weighted by Crippen LogP contribution is 2.27. The molecule has 2 rings (SSSR count). The van der Waals surface area contributed by atoms with E-state index in [2.05, 4.69) is 19.1 Å². The van der Waals surface area contributed by atoms with Crippen LogP contribution in [0, 0.1) is 6.92 Å². The van der Waals surface area contributed by atoms with Crippen molar-refractivity contribution in [3.05, 3.63) is 65.2 Å². The first-order chi connectivity index (χ1) is 9.03. The van der Waals surface area contributed by atoms with Crippen molar-refractivity contribution in [1.29, 1.82) is 0 Å². The Morgan fingerprint density at radius 3 is 2.26 bits per heavy atom. The second kappa shape index (κ2) is 5.45. The number of aliphatic hydroxyl groups is 1. The van der Waals surface area contributed by atoms with Gasteiger partial charge in [0.2, 0.25) is 0 Å². The van der Waals surface area contributed by atoms with Crippen LogP contribution in [0.3, 0.4) is 0 Å². The fourth-order valence-electron chi connectivity index (χ4n) is 2.23. The zero-order valence-electron chi connectivity index (χ0n) is 11.7. The standard InChI is InChI=1S/C17H20O2/c1-13-6-4-5-7-14(13)12-17(2,18)15-8-10-16(19-3)11-9-15/h4-11,18H,12H2,1-3H3. The van der Waals surface area contributed by atoms with Crippen molar-refractivity contribution in [2.24, 2.45) is 0 Å². The molecule has 0 saturated heterocycles. The summed E-state index contributed by atoms with van der Waals surface area (Å²) >= 11 is 0. The van der Waals surface area contributed by atoms with Crippen molar-refractivity contribution >= 4 is 0 Å². The number of aryl methyl sites for hydroxylation is 1. The molecule has 0 radical (unpaired) electrons. The van der Waals surface area contributed by atoms with Gasteiger partial charge in [-0.15, -0.1) is 0 Å². The van der Waals surface area contributed by atoms with E-state index < -0.39 is 5.60 Å². The number of hydrogen-bond donors (Lipinski definition) is 1. The number of rotatable bonds is 4. The molecule has 0 saturated carbocycles. The third-order valence-corrected chi connectivity index (χ3v) is 3.51. The second-order valence-corrected chi connectivity index (χ2v) is 5.11. The maximum absolute atomic E-state index is 10.7. The van der Waals surface area contributed by atoms with Crippen LogP contribution < -0.4 is 4.74 Å².